The minimum absolute atomic E-state index is 0.0881. The third-order valence-corrected chi connectivity index (χ3v) is 7.66. The fraction of sp³-hybridized carbons (Fsp3) is 0.531. The van der Waals surface area contributed by atoms with E-state index in [-0.39, 0.29) is 11.7 Å². The van der Waals surface area contributed by atoms with E-state index in [1.54, 1.807) is 68.6 Å². The van der Waals surface area contributed by atoms with Crippen LogP contribution in [0.3, 0.4) is 0 Å². The highest BCUT2D eigenvalue weighted by molar-refractivity contribution is 7.98. The Balaban J connectivity index is 2.60. The molecule has 8 nitrogen and oxygen atoms in total. The third-order valence-electron chi connectivity index (χ3n) is 6.70. The average molecular weight is 620 g/mol. The maximum Gasteiger partial charge on any atom is 0.408 e. The monoisotopic (exact) mass is 619 g/mol. The number of para-hydroxylation sites is 1. The number of benzene rings is 2. The van der Waals surface area contributed by atoms with Crippen molar-refractivity contribution in [1.82, 2.24) is 10.2 Å². The Bertz CT molecular complexity index is 1200. The summed E-state index contributed by atoms with van der Waals surface area (Å²) in [6, 6.07) is 8.27. The second kappa shape index (κ2) is 16.7. The second-order valence-electron chi connectivity index (χ2n) is 11.4. The van der Waals surface area contributed by atoms with Crippen LogP contribution >= 0.6 is 23.4 Å². The molecule has 42 heavy (non-hydrogen) atoms. The fourth-order valence-corrected chi connectivity index (χ4v) is 5.26. The van der Waals surface area contributed by atoms with Crippen molar-refractivity contribution in [3.63, 3.8) is 0 Å². The molecule has 2 rings (SSSR count). The van der Waals surface area contributed by atoms with Crippen molar-refractivity contribution in [2.24, 2.45) is 0 Å². The molecule has 2 aromatic rings. The Morgan fingerprint density at radius 2 is 1.79 bits per heavy atom. The van der Waals surface area contributed by atoms with Gasteiger partial charge in [0.15, 0.2) is 0 Å². The molecule has 0 fully saturated rings. The number of hydrogen-bond acceptors (Lipinski definition) is 6. The highest BCUT2D eigenvalue weighted by Crippen LogP contribution is 2.31. The number of aryl methyl sites for hydroxylation is 2. The SMILES string of the molecule is CCCCCCN(C(=O)C(CCSC)NC(=O)OC(C)(C)C)C(C(=O)Nc1c(C)cccc1Cl)c1ccc(O)c(C)c1. The topological polar surface area (TPSA) is 108 Å². The molecule has 0 aliphatic heterocycles. The number of phenols is 1. The van der Waals surface area contributed by atoms with E-state index in [0.717, 1.165) is 24.8 Å². The molecule has 10 heteroatoms. The van der Waals surface area contributed by atoms with Gasteiger partial charge in [0.25, 0.3) is 5.91 Å². The van der Waals surface area contributed by atoms with Crippen LogP contribution in [0.1, 0.15) is 82.5 Å². The van der Waals surface area contributed by atoms with Crippen molar-refractivity contribution in [2.45, 2.75) is 91.3 Å². The number of nitrogens with one attached hydrogen (secondary N) is 2. The number of hydrogen-bond donors (Lipinski definition) is 3. The third kappa shape index (κ3) is 10.7. The van der Waals surface area contributed by atoms with Crippen LogP contribution in [-0.4, -0.2) is 58.1 Å². The van der Waals surface area contributed by atoms with Gasteiger partial charge in [0.05, 0.1) is 10.7 Å². The first-order chi connectivity index (χ1) is 19.8. The van der Waals surface area contributed by atoms with Gasteiger partial charge >= 0.3 is 6.09 Å². The van der Waals surface area contributed by atoms with E-state index in [4.69, 9.17) is 16.3 Å². The molecule has 0 aromatic heterocycles. The number of alkyl carbamates (subject to hydrolysis) is 1. The summed E-state index contributed by atoms with van der Waals surface area (Å²) in [5.74, 6) is -0.122. The van der Waals surface area contributed by atoms with Gasteiger partial charge in [-0.15, -0.1) is 0 Å². The van der Waals surface area contributed by atoms with E-state index in [1.165, 1.54) is 6.07 Å². The Labute approximate surface area is 259 Å². The van der Waals surface area contributed by atoms with Gasteiger partial charge in [-0.1, -0.05) is 56.0 Å². The summed E-state index contributed by atoms with van der Waals surface area (Å²) in [5, 5.41) is 16.3. The molecule has 0 spiro atoms. The van der Waals surface area contributed by atoms with Crippen LogP contribution in [0.5, 0.6) is 5.75 Å². The summed E-state index contributed by atoms with van der Waals surface area (Å²) in [6.07, 6.45) is 5.14. The molecular weight excluding hydrogens is 574 g/mol. The number of thioether (sulfide) groups is 1. The molecule has 232 valence electrons. The maximum absolute atomic E-state index is 14.4. The molecule has 0 saturated heterocycles. The summed E-state index contributed by atoms with van der Waals surface area (Å²) < 4.78 is 5.47. The normalized spacial score (nSPS) is 12.8. The van der Waals surface area contributed by atoms with Gasteiger partial charge in [-0.2, -0.15) is 11.8 Å². The van der Waals surface area contributed by atoms with Crippen molar-refractivity contribution in [3.8, 4) is 5.75 Å². The summed E-state index contributed by atoms with van der Waals surface area (Å²) in [5.41, 5.74) is 1.62. The molecule has 0 bridgehead atoms. The first kappa shape index (κ1) is 35.3. The first-order valence-corrected chi connectivity index (χ1v) is 16.2. The first-order valence-electron chi connectivity index (χ1n) is 14.4. The van der Waals surface area contributed by atoms with E-state index in [2.05, 4.69) is 17.6 Å². The van der Waals surface area contributed by atoms with E-state index in [1.807, 2.05) is 19.2 Å². The molecule has 0 radical (unpaired) electrons. The van der Waals surface area contributed by atoms with E-state index < -0.39 is 29.7 Å². The van der Waals surface area contributed by atoms with Gasteiger partial charge in [0.2, 0.25) is 5.91 Å². The molecular formula is C32H46ClN3O5S. The van der Waals surface area contributed by atoms with E-state index in [9.17, 15) is 19.5 Å². The lowest BCUT2D eigenvalue weighted by atomic mass is 9.99. The summed E-state index contributed by atoms with van der Waals surface area (Å²) in [7, 11) is 0. The van der Waals surface area contributed by atoms with E-state index >= 15 is 0 Å². The van der Waals surface area contributed by atoms with Gasteiger partial charge in [0.1, 0.15) is 23.4 Å². The van der Waals surface area contributed by atoms with Crippen molar-refractivity contribution in [3.05, 3.63) is 58.1 Å². The van der Waals surface area contributed by atoms with Gasteiger partial charge in [0, 0.05) is 6.54 Å². The van der Waals surface area contributed by atoms with Crippen LogP contribution in [0.2, 0.25) is 5.02 Å². The quantitative estimate of drug-likeness (QED) is 0.190. The number of phenolic OH excluding ortho intramolecular Hbond substituents is 1. The minimum atomic E-state index is -1.05. The van der Waals surface area contributed by atoms with Crippen LogP contribution in [0, 0.1) is 13.8 Å². The molecule has 0 saturated carbocycles. The van der Waals surface area contributed by atoms with Crippen LogP contribution in [0.15, 0.2) is 36.4 Å². The van der Waals surface area contributed by atoms with Crippen LogP contribution in [0.25, 0.3) is 0 Å². The van der Waals surface area contributed by atoms with Crippen molar-refractivity contribution in [1.29, 1.82) is 0 Å². The number of rotatable bonds is 14. The molecule has 2 atom stereocenters. The maximum atomic E-state index is 14.4. The number of unbranched alkanes of at least 4 members (excludes halogenated alkanes) is 3. The zero-order valence-corrected chi connectivity index (χ0v) is 27.5. The predicted molar refractivity (Wildman–Crippen MR) is 172 cm³/mol. The number of carbonyl (C=O) groups is 3. The number of anilines is 1. The zero-order chi connectivity index (χ0) is 31.4. The minimum Gasteiger partial charge on any atom is -0.508 e. The van der Waals surface area contributed by atoms with Crippen molar-refractivity contribution >= 4 is 47.0 Å². The Kier molecular flexibility index (Phi) is 14.0. The summed E-state index contributed by atoms with van der Waals surface area (Å²) in [6.45, 7) is 11.3. The second-order valence-corrected chi connectivity index (χ2v) is 12.8. The average Bonchev–Trinajstić information content (AvgIpc) is 2.90. The predicted octanol–water partition coefficient (Wildman–Crippen LogP) is 7.40. The Morgan fingerprint density at radius 3 is 2.38 bits per heavy atom. The Morgan fingerprint density at radius 1 is 1.07 bits per heavy atom. The highest BCUT2D eigenvalue weighted by atomic mass is 35.5. The number of aromatic hydroxyl groups is 1. The van der Waals surface area contributed by atoms with Gasteiger partial charge in [-0.3, -0.25) is 9.59 Å². The van der Waals surface area contributed by atoms with Crippen LogP contribution in [0.4, 0.5) is 10.5 Å². The summed E-state index contributed by atoms with van der Waals surface area (Å²) >= 11 is 8.02. The van der Waals surface area contributed by atoms with Crippen LogP contribution < -0.4 is 10.6 Å². The van der Waals surface area contributed by atoms with Gasteiger partial charge in [-0.25, -0.2) is 4.79 Å². The lowest BCUT2D eigenvalue weighted by molar-refractivity contribution is -0.141. The van der Waals surface area contributed by atoms with E-state index in [0.29, 0.717) is 47.0 Å². The summed E-state index contributed by atoms with van der Waals surface area (Å²) in [4.78, 5) is 42.9. The van der Waals surface area contributed by atoms with Crippen molar-refractivity contribution < 1.29 is 24.2 Å². The number of halogens is 1. The molecule has 0 aliphatic rings. The number of ether oxygens (including phenoxy) is 1. The van der Waals surface area contributed by atoms with Crippen LogP contribution in [-0.2, 0) is 14.3 Å². The Hall–Kier alpha value is -2.91. The highest BCUT2D eigenvalue weighted by Gasteiger charge is 2.36. The number of carbonyl (C=O) groups excluding carboxylic acids is 3. The smallest absolute Gasteiger partial charge is 0.408 e. The number of amides is 3. The molecule has 3 N–H and O–H groups in total. The largest absolute Gasteiger partial charge is 0.508 e. The van der Waals surface area contributed by atoms with Crippen molar-refractivity contribution in [2.75, 3.05) is 23.9 Å². The fourth-order valence-electron chi connectivity index (χ4n) is 4.52. The number of nitrogens with zero attached hydrogens (tertiary/aromatic N) is 1. The molecule has 0 heterocycles. The molecule has 0 aliphatic carbocycles. The zero-order valence-electron chi connectivity index (χ0n) is 25.9. The lowest BCUT2D eigenvalue weighted by Gasteiger charge is -2.35. The van der Waals surface area contributed by atoms with Gasteiger partial charge < -0.3 is 25.4 Å². The lowest BCUT2D eigenvalue weighted by Crippen LogP contribution is -2.52. The molecule has 2 aromatic carbocycles. The molecule has 2 unspecified atom stereocenters. The standard InChI is InChI=1S/C32H46ClN3O5S/c1-8-9-10-11-18-36(30(39)25(17-19-42-7)34-31(40)41-32(4,5)6)28(23-15-16-26(37)22(3)20-23)29(38)35-27-21(2)13-12-14-24(27)33/h12-16,20,25,28,37H,8-11,17-19H2,1-7H3,(H,34,40)(H,35,38). The molecule has 3 amide bonds. The van der Waals surface area contributed by atoms with Gasteiger partial charge in [-0.05, 0) is 94.4 Å².